The van der Waals surface area contributed by atoms with Crippen molar-refractivity contribution in [1.29, 1.82) is 0 Å². The molecule has 3 N–H and O–H groups in total. The van der Waals surface area contributed by atoms with Crippen LogP contribution >= 0.6 is 0 Å². The summed E-state index contributed by atoms with van der Waals surface area (Å²) in [5.41, 5.74) is 3.52. The van der Waals surface area contributed by atoms with Gasteiger partial charge >= 0.3 is 9.15 Å². The maximum absolute atomic E-state index is 10.8. The van der Waals surface area contributed by atoms with Crippen molar-refractivity contribution in [2.45, 2.75) is 5.72 Å². The number of hydrogen-bond acceptors (Lipinski definition) is 7. The number of nitrogens with two attached hydrogens (primary N) is 1. The molecule has 17 heavy (non-hydrogen) atoms. The van der Waals surface area contributed by atoms with Crippen molar-refractivity contribution < 1.29 is 26.5 Å². The summed E-state index contributed by atoms with van der Waals surface area (Å²) in [5, 5.41) is 9.72. The summed E-state index contributed by atoms with van der Waals surface area (Å²) in [6.07, 6.45) is 0. The van der Waals surface area contributed by atoms with Gasteiger partial charge in [-0.15, -0.1) is 0 Å². The molecule has 0 aliphatic carbocycles. The van der Waals surface area contributed by atoms with E-state index in [1.807, 2.05) is 0 Å². The summed E-state index contributed by atoms with van der Waals surface area (Å²) in [6.45, 7) is -0.896. The van der Waals surface area contributed by atoms with Crippen molar-refractivity contribution in [3.63, 3.8) is 0 Å². The van der Waals surface area contributed by atoms with E-state index in [1.165, 1.54) is 12.1 Å². The number of hydrogen-bond donors (Lipinski definition) is 2. The van der Waals surface area contributed by atoms with Crippen LogP contribution in [-0.4, -0.2) is 28.9 Å². The Labute approximate surface area is 100 Å². The molecule has 0 heterocycles. The lowest BCUT2D eigenvalue weighted by molar-refractivity contribution is -0.000958. The smallest absolute Gasteiger partial charge is 0.338 e. The maximum atomic E-state index is 10.8. The van der Waals surface area contributed by atoms with Crippen molar-refractivity contribution >= 4 is 19.3 Å². The van der Waals surface area contributed by atoms with E-state index < -0.39 is 31.6 Å². The molecular formula is C8H10NO6S2-. The number of aliphatic hydroxyl groups is 1. The summed E-state index contributed by atoms with van der Waals surface area (Å²) in [5.74, 6) is 0. The van der Waals surface area contributed by atoms with E-state index in [-0.39, 0.29) is 5.56 Å². The van der Waals surface area contributed by atoms with Gasteiger partial charge in [-0.3, -0.25) is 14.1 Å². The van der Waals surface area contributed by atoms with Crippen LogP contribution in [0.1, 0.15) is 5.56 Å². The van der Waals surface area contributed by atoms with Crippen LogP contribution in [0, 0.1) is 0 Å². The molecule has 0 saturated carbocycles. The van der Waals surface area contributed by atoms with Crippen molar-refractivity contribution in [3.05, 3.63) is 35.9 Å². The minimum Gasteiger partial charge on any atom is -0.758 e. The fourth-order valence-electron chi connectivity index (χ4n) is 1.01. The molecule has 0 saturated heterocycles. The van der Waals surface area contributed by atoms with Gasteiger partial charge in [-0.25, -0.2) is 0 Å². The number of rotatable bonds is 5. The summed E-state index contributed by atoms with van der Waals surface area (Å²) in [7, 11) is -8.20. The Morgan fingerprint density at radius 3 is 2.41 bits per heavy atom. The topological polar surface area (TPSA) is 130 Å². The summed E-state index contributed by atoms with van der Waals surface area (Å²) in [6, 6.07) is 7.72. The predicted molar refractivity (Wildman–Crippen MR) is 58.3 cm³/mol. The molecule has 0 fully saturated rings. The SMILES string of the molecule is NC(O)(COS(=O)(=O)S(=O)[O-])c1ccccc1. The molecule has 0 aliphatic heterocycles. The highest BCUT2D eigenvalue weighted by Gasteiger charge is 2.27. The van der Waals surface area contributed by atoms with E-state index in [1.54, 1.807) is 18.2 Å². The third-order valence-corrected chi connectivity index (χ3v) is 3.89. The minimum absolute atomic E-state index is 0.201. The quantitative estimate of drug-likeness (QED) is 0.399. The summed E-state index contributed by atoms with van der Waals surface area (Å²) < 4.78 is 46.2. The molecular weight excluding hydrogens is 270 g/mol. The van der Waals surface area contributed by atoms with Gasteiger partial charge in [0.1, 0.15) is 6.61 Å². The van der Waals surface area contributed by atoms with Crippen LogP contribution in [0.5, 0.6) is 0 Å². The zero-order valence-electron chi connectivity index (χ0n) is 8.48. The molecule has 0 amide bonds. The molecule has 7 nitrogen and oxygen atoms in total. The molecule has 0 aliphatic rings. The van der Waals surface area contributed by atoms with E-state index >= 15 is 0 Å². The van der Waals surface area contributed by atoms with Gasteiger partial charge in [0.2, 0.25) is 0 Å². The van der Waals surface area contributed by atoms with Gasteiger partial charge in [0.25, 0.3) is 0 Å². The first kappa shape index (κ1) is 14.2. The Morgan fingerprint density at radius 1 is 1.41 bits per heavy atom. The third kappa shape index (κ3) is 3.84. The molecule has 1 aromatic rings. The molecule has 0 radical (unpaired) electrons. The first-order valence-corrected chi connectivity index (χ1v) is 7.32. The fourth-order valence-corrected chi connectivity index (χ4v) is 1.79. The fraction of sp³-hybridized carbons (Fsp3) is 0.250. The molecule has 0 bridgehead atoms. The van der Waals surface area contributed by atoms with Crippen molar-refractivity contribution in [1.82, 2.24) is 0 Å². The summed E-state index contributed by atoms with van der Waals surface area (Å²) in [4.78, 5) is 0. The Morgan fingerprint density at radius 2 is 1.94 bits per heavy atom. The standard InChI is InChI=1S/C8H11NO6S2/c9-8(10,7-4-2-1-3-5-7)6-15-17(13,14)16(11)12/h1-5,10H,6,9H2,(H,11,12)/p-1. The second kappa shape index (κ2) is 5.21. The number of benzene rings is 1. The largest absolute Gasteiger partial charge is 0.758 e. The molecule has 2 atom stereocenters. The third-order valence-electron chi connectivity index (χ3n) is 1.86. The van der Waals surface area contributed by atoms with Crippen LogP contribution in [-0.2, 0) is 29.2 Å². The highest BCUT2D eigenvalue weighted by Crippen LogP contribution is 2.16. The second-order valence-corrected chi connectivity index (χ2v) is 6.67. The van der Waals surface area contributed by atoms with Gasteiger partial charge in [-0.2, -0.15) is 8.42 Å². The zero-order chi connectivity index (χ0) is 13.1. The van der Waals surface area contributed by atoms with Crippen LogP contribution in [0.3, 0.4) is 0 Å². The van der Waals surface area contributed by atoms with Crippen LogP contribution in [0.2, 0.25) is 0 Å². The monoisotopic (exact) mass is 280 g/mol. The highest BCUT2D eigenvalue weighted by atomic mass is 33.2. The van der Waals surface area contributed by atoms with Gasteiger partial charge in [-0.05, 0) is 0 Å². The lowest BCUT2D eigenvalue weighted by Gasteiger charge is -2.23. The average Bonchev–Trinajstić information content (AvgIpc) is 2.28. The average molecular weight is 280 g/mol. The van der Waals surface area contributed by atoms with Crippen LogP contribution < -0.4 is 5.73 Å². The highest BCUT2D eigenvalue weighted by molar-refractivity contribution is 8.59. The van der Waals surface area contributed by atoms with E-state index in [2.05, 4.69) is 4.18 Å². The minimum atomic E-state index is -4.76. The Kier molecular flexibility index (Phi) is 4.36. The Hall–Kier alpha value is -0.840. The molecule has 0 spiro atoms. The normalized spacial score (nSPS) is 17.4. The first-order valence-electron chi connectivity index (χ1n) is 4.32. The van der Waals surface area contributed by atoms with E-state index in [0.29, 0.717) is 0 Å². The second-order valence-electron chi connectivity index (χ2n) is 3.16. The first-order chi connectivity index (χ1) is 7.76. The Bertz CT molecular complexity index is 498. The van der Waals surface area contributed by atoms with Crippen molar-refractivity contribution in [2.24, 2.45) is 5.73 Å². The summed E-state index contributed by atoms with van der Waals surface area (Å²) >= 11 is 0. The van der Waals surface area contributed by atoms with Crippen molar-refractivity contribution in [2.75, 3.05) is 6.61 Å². The van der Waals surface area contributed by atoms with E-state index in [0.717, 1.165) is 0 Å². The molecule has 1 rings (SSSR count). The molecule has 9 heteroatoms. The van der Waals surface area contributed by atoms with Crippen LogP contribution in [0.15, 0.2) is 30.3 Å². The van der Waals surface area contributed by atoms with Gasteiger partial charge in [0.05, 0.1) is 10.1 Å². The molecule has 0 aromatic heterocycles. The molecule has 2 unspecified atom stereocenters. The van der Waals surface area contributed by atoms with Crippen LogP contribution in [0.25, 0.3) is 0 Å². The lowest BCUT2D eigenvalue weighted by atomic mass is 10.1. The van der Waals surface area contributed by atoms with E-state index in [9.17, 15) is 22.3 Å². The zero-order valence-corrected chi connectivity index (χ0v) is 10.1. The van der Waals surface area contributed by atoms with Gasteiger partial charge in [-0.1, -0.05) is 30.3 Å². The van der Waals surface area contributed by atoms with Gasteiger partial charge in [0.15, 0.2) is 5.72 Å². The van der Waals surface area contributed by atoms with E-state index in [4.69, 9.17) is 5.73 Å². The van der Waals surface area contributed by atoms with Crippen LogP contribution in [0.4, 0.5) is 0 Å². The predicted octanol–water partition coefficient (Wildman–Crippen LogP) is -1.07. The van der Waals surface area contributed by atoms with Gasteiger partial charge < -0.3 is 9.66 Å². The Balaban J connectivity index is 2.79. The van der Waals surface area contributed by atoms with Crippen molar-refractivity contribution in [3.8, 4) is 0 Å². The lowest BCUT2D eigenvalue weighted by Crippen LogP contribution is -2.42. The van der Waals surface area contributed by atoms with Gasteiger partial charge in [0, 0.05) is 5.56 Å². The molecule has 1 aromatic carbocycles. The maximum Gasteiger partial charge on any atom is 0.338 e. The molecule has 96 valence electrons.